The molecular formula is C23H25N3O. The molecule has 0 bridgehead atoms. The Morgan fingerprint density at radius 2 is 1.59 bits per heavy atom. The number of hydrogen-bond donors (Lipinski definition) is 1. The topological polar surface area (TPSA) is 46.9 Å². The van der Waals surface area contributed by atoms with Crippen LogP contribution < -0.4 is 5.32 Å². The monoisotopic (exact) mass is 359 g/mol. The van der Waals surface area contributed by atoms with Crippen LogP contribution in [0.2, 0.25) is 0 Å². The summed E-state index contributed by atoms with van der Waals surface area (Å²) < 4.78 is 2.07. The molecule has 0 radical (unpaired) electrons. The van der Waals surface area contributed by atoms with Crippen molar-refractivity contribution in [3.63, 3.8) is 0 Å². The minimum absolute atomic E-state index is 0.0333. The first kappa shape index (κ1) is 17.5. The molecule has 1 amide bonds. The van der Waals surface area contributed by atoms with Crippen molar-refractivity contribution in [2.45, 2.75) is 32.2 Å². The maximum Gasteiger partial charge on any atom is 0.230 e. The standard InChI is InChI=1S/C23H25N3O/c27-22(25-23-24-13-14-26(23)17-20-11-12-20)21(15-18-7-3-1-4-8-18)16-19-9-5-2-6-10-19/h1-10,13-14,20-21H,11-12,15-17H2,(H,24,25,27). The van der Waals surface area contributed by atoms with Gasteiger partial charge in [0.1, 0.15) is 0 Å². The van der Waals surface area contributed by atoms with Crippen molar-refractivity contribution in [1.82, 2.24) is 9.55 Å². The van der Waals surface area contributed by atoms with Gasteiger partial charge < -0.3 is 4.57 Å². The summed E-state index contributed by atoms with van der Waals surface area (Å²) in [6, 6.07) is 20.4. The van der Waals surface area contributed by atoms with Gasteiger partial charge in [0.05, 0.1) is 0 Å². The first-order valence-electron chi connectivity index (χ1n) is 9.68. The van der Waals surface area contributed by atoms with Gasteiger partial charge in [-0.1, -0.05) is 60.7 Å². The summed E-state index contributed by atoms with van der Waals surface area (Å²) in [5.74, 6) is 1.30. The number of nitrogens with one attached hydrogen (secondary N) is 1. The van der Waals surface area contributed by atoms with Gasteiger partial charge in [-0.3, -0.25) is 10.1 Å². The van der Waals surface area contributed by atoms with Crippen LogP contribution >= 0.6 is 0 Å². The van der Waals surface area contributed by atoms with Crippen LogP contribution in [0.15, 0.2) is 73.1 Å². The molecule has 1 aliphatic rings. The van der Waals surface area contributed by atoms with E-state index in [0.717, 1.165) is 12.5 Å². The number of nitrogens with zero attached hydrogens (tertiary/aromatic N) is 2. The van der Waals surface area contributed by atoms with Crippen molar-refractivity contribution < 1.29 is 4.79 Å². The predicted molar refractivity (Wildman–Crippen MR) is 107 cm³/mol. The van der Waals surface area contributed by atoms with E-state index in [2.05, 4.69) is 39.1 Å². The zero-order valence-electron chi connectivity index (χ0n) is 15.4. The van der Waals surface area contributed by atoms with Crippen LogP contribution in [0.3, 0.4) is 0 Å². The van der Waals surface area contributed by atoms with E-state index in [4.69, 9.17) is 0 Å². The third-order valence-electron chi connectivity index (χ3n) is 5.12. The van der Waals surface area contributed by atoms with Crippen LogP contribution in [-0.4, -0.2) is 15.5 Å². The number of carbonyl (C=O) groups is 1. The molecule has 0 atom stereocenters. The van der Waals surface area contributed by atoms with Crippen molar-refractivity contribution in [2.75, 3.05) is 5.32 Å². The van der Waals surface area contributed by atoms with Crippen molar-refractivity contribution >= 4 is 11.9 Å². The number of imidazole rings is 1. The molecule has 1 aromatic heterocycles. The third-order valence-corrected chi connectivity index (χ3v) is 5.12. The van der Waals surface area contributed by atoms with Gasteiger partial charge in [-0.25, -0.2) is 4.98 Å². The quantitative estimate of drug-likeness (QED) is 0.650. The van der Waals surface area contributed by atoms with Crippen molar-refractivity contribution in [3.8, 4) is 0 Å². The summed E-state index contributed by atoms with van der Waals surface area (Å²) in [6.07, 6.45) is 7.70. The lowest BCUT2D eigenvalue weighted by Crippen LogP contribution is -2.28. The highest BCUT2D eigenvalue weighted by Gasteiger charge is 2.25. The lowest BCUT2D eigenvalue weighted by molar-refractivity contribution is -0.119. The second-order valence-corrected chi connectivity index (χ2v) is 7.41. The molecule has 1 heterocycles. The van der Waals surface area contributed by atoms with Crippen LogP contribution in [0.5, 0.6) is 0 Å². The summed E-state index contributed by atoms with van der Waals surface area (Å²) in [7, 11) is 0. The number of amides is 1. The fourth-order valence-corrected chi connectivity index (χ4v) is 3.43. The van der Waals surface area contributed by atoms with Gasteiger partial charge in [0.25, 0.3) is 0 Å². The van der Waals surface area contributed by atoms with E-state index in [1.165, 1.54) is 24.0 Å². The van der Waals surface area contributed by atoms with Crippen LogP contribution in [-0.2, 0) is 24.2 Å². The third kappa shape index (κ3) is 4.85. The zero-order chi connectivity index (χ0) is 18.5. The van der Waals surface area contributed by atoms with Crippen LogP contribution in [0.25, 0.3) is 0 Å². The van der Waals surface area contributed by atoms with Gasteiger partial charge in [-0.2, -0.15) is 0 Å². The molecule has 1 fully saturated rings. The summed E-state index contributed by atoms with van der Waals surface area (Å²) in [5.41, 5.74) is 2.35. The highest BCUT2D eigenvalue weighted by molar-refractivity contribution is 5.91. The number of anilines is 1. The Hall–Kier alpha value is -2.88. The summed E-state index contributed by atoms with van der Waals surface area (Å²) in [6.45, 7) is 0.942. The summed E-state index contributed by atoms with van der Waals surface area (Å²) in [4.78, 5) is 17.5. The van der Waals surface area contributed by atoms with Crippen molar-refractivity contribution in [1.29, 1.82) is 0 Å². The van der Waals surface area contributed by atoms with Gasteiger partial charge in [-0.15, -0.1) is 0 Å². The van der Waals surface area contributed by atoms with Gasteiger partial charge in [0.15, 0.2) is 0 Å². The number of carbonyl (C=O) groups excluding carboxylic acids is 1. The Kier molecular flexibility index (Phi) is 5.33. The minimum atomic E-state index is -0.138. The van der Waals surface area contributed by atoms with E-state index in [-0.39, 0.29) is 11.8 Å². The van der Waals surface area contributed by atoms with E-state index in [9.17, 15) is 4.79 Å². The fraction of sp³-hybridized carbons (Fsp3) is 0.304. The van der Waals surface area contributed by atoms with Crippen LogP contribution in [0.4, 0.5) is 5.95 Å². The number of benzene rings is 2. The Morgan fingerprint density at radius 1 is 1.00 bits per heavy atom. The molecule has 1 N–H and O–H groups in total. The second-order valence-electron chi connectivity index (χ2n) is 7.41. The molecule has 3 aromatic rings. The molecular weight excluding hydrogens is 334 g/mol. The first-order valence-corrected chi connectivity index (χ1v) is 9.68. The van der Waals surface area contributed by atoms with E-state index in [1.807, 2.05) is 42.6 Å². The molecule has 4 heteroatoms. The molecule has 0 unspecified atom stereocenters. The van der Waals surface area contributed by atoms with Crippen molar-refractivity contribution in [2.24, 2.45) is 11.8 Å². The highest BCUT2D eigenvalue weighted by atomic mass is 16.2. The first-order chi connectivity index (χ1) is 13.3. The second kappa shape index (κ2) is 8.21. The van der Waals surface area contributed by atoms with Crippen LogP contribution in [0.1, 0.15) is 24.0 Å². The molecule has 0 aliphatic heterocycles. The zero-order valence-corrected chi connectivity index (χ0v) is 15.4. The fourth-order valence-electron chi connectivity index (χ4n) is 3.43. The molecule has 0 spiro atoms. The predicted octanol–water partition coefficient (Wildman–Crippen LogP) is 4.33. The minimum Gasteiger partial charge on any atom is -0.317 e. The average molecular weight is 359 g/mol. The molecule has 4 rings (SSSR count). The maximum absolute atomic E-state index is 13.1. The molecule has 2 aromatic carbocycles. The summed E-state index contributed by atoms with van der Waals surface area (Å²) >= 11 is 0. The molecule has 138 valence electrons. The number of aromatic nitrogens is 2. The molecule has 27 heavy (non-hydrogen) atoms. The molecule has 0 saturated heterocycles. The maximum atomic E-state index is 13.1. The largest absolute Gasteiger partial charge is 0.317 e. The van der Waals surface area contributed by atoms with Gasteiger partial charge in [-0.05, 0) is 42.7 Å². The lowest BCUT2D eigenvalue weighted by Gasteiger charge is -2.17. The normalized spacial score (nSPS) is 13.7. The molecule has 4 nitrogen and oxygen atoms in total. The van der Waals surface area contributed by atoms with E-state index in [0.29, 0.717) is 18.8 Å². The van der Waals surface area contributed by atoms with Gasteiger partial charge in [0.2, 0.25) is 11.9 Å². The SMILES string of the molecule is O=C(Nc1nccn1CC1CC1)C(Cc1ccccc1)Cc1ccccc1. The molecule has 1 aliphatic carbocycles. The Labute approximate surface area is 160 Å². The van der Waals surface area contributed by atoms with E-state index < -0.39 is 0 Å². The Bertz CT molecular complexity index is 827. The van der Waals surface area contributed by atoms with E-state index >= 15 is 0 Å². The van der Waals surface area contributed by atoms with Gasteiger partial charge in [0, 0.05) is 24.9 Å². The lowest BCUT2D eigenvalue weighted by atomic mass is 9.92. The van der Waals surface area contributed by atoms with Crippen molar-refractivity contribution in [3.05, 3.63) is 84.2 Å². The molecule has 1 saturated carbocycles. The number of hydrogen-bond acceptors (Lipinski definition) is 2. The average Bonchev–Trinajstić information content (AvgIpc) is 3.41. The summed E-state index contributed by atoms with van der Waals surface area (Å²) in [5, 5.41) is 3.08. The van der Waals surface area contributed by atoms with Gasteiger partial charge >= 0.3 is 0 Å². The van der Waals surface area contributed by atoms with E-state index in [1.54, 1.807) is 6.20 Å². The highest BCUT2D eigenvalue weighted by Crippen LogP contribution is 2.31. The Balaban J connectivity index is 1.50. The number of rotatable bonds is 8. The smallest absolute Gasteiger partial charge is 0.230 e. The van der Waals surface area contributed by atoms with Crippen LogP contribution in [0, 0.1) is 11.8 Å². The Morgan fingerprint density at radius 3 is 2.15 bits per heavy atom.